The van der Waals surface area contributed by atoms with Crippen LogP contribution in [-0.4, -0.2) is 20.2 Å². The molecule has 0 fully saturated rings. The van der Waals surface area contributed by atoms with Crippen LogP contribution in [0, 0.1) is 6.92 Å². The second-order valence-electron chi connectivity index (χ2n) is 3.03. The van der Waals surface area contributed by atoms with Crippen LogP contribution in [0.15, 0.2) is 22.9 Å². The van der Waals surface area contributed by atoms with Gasteiger partial charge in [0, 0.05) is 18.3 Å². The highest BCUT2D eigenvalue weighted by Gasteiger charge is 2.01. The summed E-state index contributed by atoms with van der Waals surface area (Å²) in [5.41, 5.74) is 0.823. The number of anilines is 1. The summed E-state index contributed by atoms with van der Waals surface area (Å²) in [4.78, 5) is 7.68. The van der Waals surface area contributed by atoms with E-state index in [-0.39, 0.29) is 5.88 Å². The van der Waals surface area contributed by atoms with Gasteiger partial charge in [-0.05, 0) is 6.92 Å². The zero-order valence-corrected chi connectivity index (χ0v) is 8.14. The van der Waals surface area contributed by atoms with Crippen LogP contribution >= 0.6 is 0 Å². The van der Waals surface area contributed by atoms with E-state index in [1.54, 1.807) is 0 Å². The highest BCUT2D eigenvalue weighted by molar-refractivity contribution is 5.27. The minimum Gasteiger partial charge on any atom is -0.493 e. The lowest BCUT2D eigenvalue weighted by atomic mass is 10.4. The fourth-order valence-corrected chi connectivity index (χ4v) is 1.10. The monoisotopic (exact) mass is 206 g/mol. The van der Waals surface area contributed by atoms with Gasteiger partial charge in [-0.15, -0.1) is 0 Å². The number of nitrogens with zero attached hydrogens (tertiary/aromatic N) is 3. The zero-order valence-electron chi connectivity index (χ0n) is 8.14. The van der Waals surface area contributed by atoms with Crippen molar-refractivity contribution in [2.45, 2.75) is 13.5 Å². The number of aromatic hydroxyl groups is 1. The van der Waals surface area contributed by atoms with Crippen molar-refractivity contribution in [3.8, 4) is 5.88 Å². The summed E-state index contributed by atoms with van der Waals surface area (Å²) < 4.78 is 4.99. The molecule has 2 aromatic heterocycles. The van der Waals surface area contributed by atoms with Crippen molar-refractivity contribution in [1.29, 1.82) is 0 Å². The van der Waals surface area contributed by atoms with Gasteiger partial charge in [0.1, 0.15) is 0 Å². The van der Waals surface area contributed by atoms with Gasteiger partial charge in [-0.25, -0.2) is 4.98 Å². The highest BCUT2D eigenvalue weighted by Crippen LogP contribution is 2.08. The number of nitrogens with one attached hydrogen (secondary N) is 1. The fraction of sp³-hybridized carbons (Fsp3) is 0.222. The van der Waals surface area contributed by atoms with E-state index in [1.807, 2.05) is 13.0 Å². The molecule has 0 aliphatic carbocycles. The first kappa shape index (κ1) is 9.45. The molecule has 0 aliphatic rings. The Hall–Kier alpha value is -2.11. The number of rotatable bonds is 3. The molecule has 0 aromatic carbocycles. The molecule has 2 rings (SSSR count). The first-order valence-electron chi connectivity index (χ1n) is 4.42. The molecule has 0 radical (unpaired) electrons. The summed E-state index contributed by atoms with van der Waals surface area (Å²) in [5, 5.41) is 15.7. The maximum absolute atomic E-state index is 9.09. The summed E-state index contributed by atoms with van der Waals surface area (Å²) >= 11 is 0. The minimum absolute atomic E-state index is 0.0683. The van der Waals surface area contributed by atoms with Crippen LogP contribution in [0.3, 0.4) is 0 Å². The molecule has 6 heteroatoms. The quantitative estimate of drug-likeness (QED) is 0.782. The average molecular weight is 206 g/mol. The third kappa shape index (κ3) is 2.43. The lowest BCUT2D eigenvalue weighted by Gasteiger charge is -2.00. The van der Waals surface area contributed by atoms with Crippen molar-refractivity contribution in [3.05, 3.63) is 29.8 Å². The Bertz CT molecular complexity index is 455. The molecule has 2 aromatic rings. The van der Waals surface area contributed by atoms with Gasteiger partial charge in [0.2, 0.25) is 11.8 Å². The van der Waals surface area contributed by atoms with Crippen molar-refractivity contribution in [3.63, 3.8) is 0 Å². The lowest BCUT2D eigenvalue weighted by Crippen LogP contribution is -2.02. The molecule has 0 unspecified atom stereocenters. The maximum atomic E-state index is 9.09. The molecule has 2 heterocycles. The van der Waals surface area contributed by atoms with Crippen LogP contribution < -0.4 is 5.32 Å². The first-order chi connectivity index (χ1) is 7.24. The Kier molecular flexibility index (Phi) is 2.49. The van der Waals surface area contributed by atoms with Crippen molar-refractivity contribution in [2.24, 2.45) is 0 Å². The van der Waals surface area contributed by atoms with E-state index in [0.717, 1.165) is 5.69 Å². The molecule has 2 N–H and O–H groups in total. The van der Waals surface area contributed by atoms with Crippen LogP contribution in [0.25, 0.3) is 0 Å². The Balaban J connectivity index is 1.99. The molecular weight excluding hydrogens is 196 g/mol. The SMILES string of the molecule is Cc1cc(CNc2nccc(O)n2)on1. The van der Waals surface area contributed by atoms with Gasteiger partial charge < -0.3 is 14.9 Å². The van der Waals surface area contributed by atoms with Crippen LogP contribution in [0.2, 0.25) is 0 Å². The smallest absolute Gasteiger partial charge is 0.226 e. The second kappa shape index (κ2) is 3.95. The molecule has 0 atom stereocenters. The van der Waals surface area contributed by atoms with Crippen molar-refractivity contribution in [2.75, 3.05) is 5.32 Å². The lowest BCUT2D eigenvalue weighted by molar-refractivity contribution is 0.383. The molecule has 0 saturated heterocycles. The van der Waals surface area contributed by atoms with E-state index in [9.17, 15) is 0 Å². The molecule has 0 bridgehead atoms. The van der Waals surface area contributed by atoms with E-state index < -0.39 is 0 Å². The third-order valence-electron chi connectivity index (χ3n) is 1.74. The summed E-state index contributed by atoms with van der Waals surface area (Å²) in [6, 6.07) is 3.22. The largest absolute Gasteiger partial charge is 0.493 e. The number of hydrogen-bond acceptors (Lipinski definition) is 6. The Labute approximate surface area is 86.0 Å². The molecule has 0 aliphatic heterocycles. The molecule has 0 saturated carbocycles. The van der Waals surface area contributed by atoms with E-state index >= 15 is 0 Å². The predicted octanol–water partition coefficient (Wildman–Crippen LogP) is 1.09. The fourth-order valence-electron chi connectivity index (χ4n) is 1.10. The Morgan fingerprint density at radius 2 is 2.40 bits per heavy atom. The van der Waals surface area contributed by atoms with Gasteiger partial charge in [-0.1, -0.05) is 5.16 Å². The molecule has 15 heavy (non-hydrogen) atoms. The normalized spacial score (nSPS) is 10.2. The van der Waals surface area contributed by atoms with E-state index in [1.165, 1.54) is 12.3 Å². The van der Waals surface area contributed by atoms with Gasteiger partial charge in [0.25, 0.3) is 0 Å². The maximum Gasteiger partial charge on any atom is 0.226 e. The van der Waals surface area contributed by atoms with E-state index in [4.69, 9.17) is 9.63 Å². The molecule has 0 spiro atoms. The van der Waals surface area contributed by atoms with Crippen LogP contribution in [-0.2, 0) is 6.54 Å². The van der Waals surface area contributed by atoms with Gasteiger partial charge in [0.05, 0.1) is 12.2 Å². The van der Waals surface area contributed by atoms with Gasteiger partial charge in [0.15, 0.2) is 5.76 Å². The minimum atomic E-state index is -0.0683. The van der Waals surface area contributed by atoms with Crippen LogP contribution in [0.1, 0.15) is 11.5 Å². The second-order valence-corrected chi connectivity index (χ2v) is 3.03. The Morgan fingerprint density at radius 3 is 3.07 bits per heavy atom. The topological polar surface area (TPSA) is 84.1 Å². The standard InChI is InChI=1S/C9H10N4O2/c1-6-4-7(15-13-6)5-11-9-10-3-2-8(14)12-9/h2-4H,5H2,1H3,(H2,10,11,12,14). The van der Waals surface area contributed by atoms with Crippen LogP contribution in [0.5, 0.6) is 5.88 Å². The number of aromatic nitrogens is 3. The molecule has 6 nitrogen and oxygen atoms in total. The van der Waals surface area contributed by atoms with Gasteiger partial charge >= 0.3 is 0 Å². The summed E-state index contributed by atoms with van der Waals surface area (Å²) in [6.45, 7) is 2.28. The summed E-state index contributed by atoms with van der Waals surface area (Å²) in [7, 11) is 0. The van der Waals surface area contributed by atoms with Crippen molar-refractivity contribution >= 4 is 5.95 Å². The molecular formula is C9H10N4O2. The van der Waals surface area contributed by atoms with Gasteiger partial charge in [-0.3, -0.25) is 0 Å². The third-order valence-corrected chi connectivity index (χ3v) is 1.74. The first-order valence-corrected chi connectivity index (χ1v) is 4.42. The van der Waals surface area contributed by atoms with E-state index in [2.05, 4.69) is 20.4 Å². The summed E-state index contributed by atoms with van der Waals surface area (Å²) in [5.74, 6) is 0.977. The summed E-state index contributed by atoms with van der Waals surface area (Å²) in [6.07, 6.45) is 1.47. The van der Waals surface area contributed by atoms with Gasteiger partial charge in [-0.2, -0.15) is 4.98 Å². The molecule has 78 valence electrons. The van der Waals surface area contributed by atoms with Crippen molar-refractivity contribution in [1.82, 2.24) is 15.1 Å². The zero-order chi connectivity index (χ0) is 10.7. The van der Waals surface area contributed by atoms with E-state index in [0.29, 0.717) is 18.3 Å². The number of aryl methyl sites for hydroxylation is 1. The number of hydrogen-bond donors (Lipinski definition) is 2. The average Bonchev–Trinajstić information content (AvgIpc) is 2.62. The van der Waals surface area contributed by atoms with Crippen LogP contribution in [0.4, 0.5) is 5.95 Å². The molecule has 0 amide bonds. The Morgan fingerprint density at radius 1 is 1.53 bits per heavy atom. The predicted molar refractivity (Wildman–Crippen MR) is 52.3 cm³/mol. The highest BCUT2D eigenvalue weighted by atomic mass is 16.5. The van der Waals surface area contributed by atoms with Crippen molar-refractivity contribution < 1.29 is 9.63 Å².